The Morgan fingerprint density at radius 2 is 2.03 bits per heavy atom. The summed E-state index contributed by atoms with van der Waals surface area (Å²) in [6, 6.07) is 5.18. The van der Waals surface area contributed by atoms with E-state index in [0.29, 0.717) is 28.3 Å². The van der Waals surface area contributed by atoms with Crippen LogP contribution < -0.4 is 26.1 Å². The largest absolute Gasteiger partial charge is 0.497 e. The number of aromatic nitrogens is 3. The number of carbonyl (C=O) groups excluding carboxylic acids is 1. The van der Waals surface area contributed by atoms with Crippen LogP contribution in [0.25, 0.3) is 0 Å². The van der Waals surface area contributed by atoms with Crippen LogP contribution in [0.2, 0.25) is 0 Å². The number of rotatable bonds is 8. The average molecular weight is 420 g/mol. The molecule has 0 spiro atoms. The van der Waals surface area contributed by atoms with Crippen LogP contribution in [0.15, 0.2) is 28.5 Å². The zero-order chi connectivity index (χ0) is 20.6. The highest BCUT2D eigenvalue weighted by Gasteiger charge is 2.14. The smallest absolute Gasteiger partial charge is 0.264 e. The first-order valence-electron chi connectivity index (χ1n) is 9.27. The number of nitrogens with one attached hydrogen (secondary N) is 2. The van der Waals surface area contributed by atoms with Crippen LogP contribution in [0, 0.1) is 0 Å². The Morgan fingerprint density at radius 3 is 2.76 bits per heavy atom. The van der Waals surface area contributed by atoms with Gasteiger partial charge in [0, 0.05) is 11.8 Å². The van der Waals surface area contributed by atoms with E-state index in [4.69, 9.17) is 15.3 Å². The maximum absolute atomic E-state index is 12.3. The van der Waals surface area contributed by atoms with E-state index < -0.39 is 0 Å². The number of methoxy groups -OCH3 is 2. The van der Waals surface area contributed by atoms with Crippen LogP contribution in [0.5, 0.6) is 11.5 Å². The van der Waals surface area contributed by atoms with Crippen molar-refractivity contribution in [3.05, 3.63) is 18.2 Å². The molecule has 0 bridgehead atoms. The van der Waals surface area contributed by atoms with Crippen molar-refractivity contribution in [2.75, 3.05) is 36.6 Å². The normalized spacial score (nSPS) is 13.7. The molecule has 0 radical (unpaired) electrons. The van der Waals surface area contributed by atoms with Gasteiger partial charge in [-0.25, -0.2) is 10.1 Å². The molecular weight excluding hydrogens is 394 g/mol. The molecule has 1 saturated carbocycles. The van der Waals surface area contributed by atoms with Gasteiger partial charge in [0.15, 0.2) is 0 Å². The van der Waals surface area contributed by atoms with E-state index >= 15 is 0 Å². The lowest BCUT2D eigenvalue weighted by atomic mass is 9.99. The fourth-order valence-electron chi connectivity index (χ4n) is 2.88. The summed E-state index contributed by atoms with van der Waals surface area (Å²) in [6.07, 6.45) is 5.53. The van der Waals surface area contributed by atoms with Gasteiger partial charge in [-0.05, 0) is 37.8 Å². The van der Waals surface area contributed by atoms with Gasteiger partial charge in [0.2, 0.25) is 11.1 Å². The van der Waals surface area contributed by atoms with E-state index in [9.17, 15) is 4.79 Å². The van der Waals surface area contributed by atoms with Crippen LogP contribution in [-0.2, 0) is 4.79 Å². The SMILES string of the molecule is COc1ccc(OC)c(NC(=O)CSc2nnc(NN=C3CCCCC3)n2N)c1. The molecule has 156 valence electrons. The summed E-state index contributed by atoms with van der Waals surface area (Å²) in [5.74, 6) is 7.37. The molecule has 1 amide bonds. The van der Waals surface area contributed by atoms with Gasteiger partial charge < -0.3 is 20.6 Å². The molecule has 11 heteroatoms. The van der Waals surface area contributed by atoms with Gasteiger partial charge >= 0.3 is 0 Å². The van der Waals surface area contributed by atoms with Gasteiger partial charge in [-0.15, -0.1) is 10.2 Å². The Bertz CT molecular complexity index is 876. The van der Waals surface area contributed by atoms with Gasteiger partial charge in [-0.2, -0.15) is 5.10 Å². The standard InChI is InChI=1S/C18H25N7O3S/c1-27-13-8-9-15(28-2)14(10-13)20-16(26)11-29-18-24-23-17(25(18)19)22-21-12-6-4-3-5-7-12/h8-10H,3-7,11,19H2,1-2H3,(H,20,26)(H,22,23). The highest BCUT2D eigenvalue weighted by atomic mass is 32.2. The van der Waals surface area contributed by atoms with Crippen molar-refractivity contribution < 1.29 is 14.3 Å². The lowest BCUT2D eigenvalue weighted by Gasteiger charge is -2.12. The second-order valence-electron chi connectivity index (χ2n) is 6.43. The quantitative estimate of drug-likeness (QED) is 0.338. The van der Waals surface area contributed by atoms with Crippen molar-refractivity contribution in [1.82, 2.24) is 14.9 Å². The molecule has 3 rings (SSSR count). The summed E-state index contributed by atoms with van der Waals surface area (Å²) in [6.45, 7) is 0. The molecule has 1 aliphatic rings. The van der Waals surface area contributed by atoms with Crippen molar-refractivity contribution in [3.63, 3.8) is 0 Å². The van der Waals surface area contributed by atoms with Crippen LogP contribution in [0.4, 0.5) is 11.6 Å². The van der Waals surface area contributed by atoms with Crippen molar-refractivity contribution >= 4 is 35.0 Å². The van der Waals surface area contributed by atoms with Gasteiger partial charge in [0.25, 0.3) is 5.95 Å². The molecule has 29 heavy (non-hydrogen) atoms. The first kappa shape index (κ1) is 20.8. The number of carbonyl (C=O) groups is 1. The number of nitrogens with two attached hydrogens (primary N) is 1. The van der Waals surface area contributed by atoms with Crippen LogP contribution >= 0.6 is 11.8 Å². The number of nitrogen functional groups attached to an aromatic ring is 1. The van der Waals surface area contributed by atoms with Gasteiger partial charge in [-0.1, -0.05) is 18.2 Å². The molecule has 0 atom stereocenters. The number of amides is 1. The summed E-state index contributed by atoms with van der Waals surface area (Å²) in [7, 11) is 3.09. The molecule has 1 aromatic carbocycles. The third-order valence-corrected chi connectivity index (χ3v) is 5.37. The minimum atomic E-state index is -0.235. The van der Waals surface area contributed by atoms with Crippen molar-refractivity contribution in [2.24, 2.45) is 5.10 Å². The van der Waals surface area contributed by atoms with Gasteiger partial charge in [0.05, 0.1) is 25.7 Å². The molecule has 1 aliphatic carbocycles. The molecule has 1 heterocycles. The third kappa shape index (κ3) is 5.53. The molecule has 0 saturated heterocycles. The fourth-order valence-corrected chi connectivity index (χ4v) is 3.54. The number of thioether (sulfide) groups is 1. The van der Waals surface area contributed by atoms with E-state index in [-0.39, 0.29) is 11.7 Å². The fraction of sp³-hybridized carbons (Fsp3) is 0.444. The number of nitrogens with zero attached hydrogens (tertiary/aromatic N) is 4. The monoisotopic (exact) mass is 419 g/mol. The molecule has 0 aliphatic heterocycles. The number of hydrogen-bond acceptors (Lipinski definition) is 9. The Hall–Kier alpha value is -2.95. The molecule has 0 unspecified atom stereocenters. The van der Waals surface area contributed by atoms with E-state index in [0.717, 1.165) is 31.4 Å². The van der Waals surface area contributed by atoms with Gasteiger partial charge in [0.1, 0.15) is 11.5 Å². The zero-order valence-electron chi connectivity index (χ0n) is 16.5. The molecule has 10 nitrogen and oxygen atoms in total. The lowest BCUT2D eigenvalue weighted by Crippen LogP contribution is -2.17. The average Bonchev–Trinajstić information content (AvgIpc) is 3.10. The summed E-state index contributed by atoms with van der Waals surface area (Å²) < 4.78 is 11.7. The zero-order valence-corrected chi connectivity index (χ0v) is 17.3. The maximum Gasteiger partial charge on any atom is 0.264 e. The van der Waals surface area contributed by atoms with Crippen LogP contribution in [-0.4, -0.2) is 46.5 Å². The van der Waals surface area contributed by atoms with Crippen molar-refractivity contribution in [2.45, 2.75) is 37.3 Å². The minimum absolute atomic E-state index is 0.101. The van der Waals surface area contributed by atoms with Crippen LogP contribution in [0.3, 0.4) is 0 Å². The Morgan fingerprint density at radius 1 is 1.24 bits per heavy atom. The molecule has 1 fully saturated rings. The first-order chi connectivity index (χ1) is 14.1. The minimum Gasteiger partial charge on any atom is -0.497 e. The van der Waals surface area contributed by atoms with E-state index in [1.54, 1.807) is 25.3 Å². The van der Waals surface area contributed by atoms with Crippen molar-refractivity contribution in [3.8, 4) is 11.5 Å². The second kappa shape index (κ2) is 10.0. The number of anilines is 2. The number of hydrogen-bond donors (Lipinski definition) is 3. The summed E-state index contributed by atoms with van der Waals surface area (Å²) >= 11 is 1.17. The second-order valence-corrected chi connectivity index (χ2v) is 7.37. The number of benzene rings is 1. The van der Waals surface area contributed by atoms with Gasteiger partial charge in [-0.3, -0.25) is 4.79 Å². The highest BCUT2D eigenvalue weighted by molar-refractivity contribution is 7.99. The number of ether oxygens (including phenoxy) is 2. The lowest BCUT2D eigenvalue weighted by molar-refractivity contribution is -0.113. The molecule has 2 aromatic rings. The topological polar surface area (TPSA) is 129 Å². The number of hydrazone groups is 1. The predicted octanol–water partition coefficient (Wildman–Crippen LogP) is 2.47. The Balaban J connectivity index is 1.56. The van der Waals surface area contributed by atoms with E-state index in [1.807, 2.05) is 0 Å². The first-order valence-corrected chi connectivity index (χ1v) is 10.3. The third-order valence-electron chi connectivity index (χ3n) is 4.42. The summed E-state index contributed by atoms with van der Waals surface area (Å²) in [4.78, 5) is 12.3. The summed E-state index contributed by atoms with van der Waals surface area (Å²) in [5, 5.41) is 15.6. The Kier molecular flexibility index (Phi) is 7.17. The van der Waals surface area contributed by atoms with Crippen LogP contribution in [0.1, 0.15) is 32.1 Å². The molecular formula is C18H25N7O3S. The highest BCUT2D eigenvalue weighted by Crippen LogP contribution is 2.29. The molecule has 4 N–H and O–H groups in total. The predicted molar refractivity (Wildman–Crippen MR) is 113 cm³/mol. The Labute approximate surface area is 173 Å². The van der Waals surface area contributed by atoms with E-state index in [1.165, 1.54) is 30.0 Å². The van der Waals surface area contributed by atoms with Crippen molar-refractivity contribution in [1.29, 1.82) is 0 Å². The van der Waals surface area contributed by atoms with E-state index in [2.05, 4.69) is 26.0 Å². The maximum atomic E-state index is 12.3. The molecule has 1 aromatic heterocycles. The summed E-state index contributed by atoms with van der Waals surface area (Å²) in [5.41, 5.74) is 4.50.